The van der Waals surface area contributed by atoms with Crippen LogP contribution < -0.4 is 5.73 Å². The topological polar surface area (TPSA) is 51.8 Å². The lowest BCUT2D eigenvalue weighted by molar-refractivity contribution is 0.549. The van der Waals surface area contributed by atoms with E-state index in [1.165, 1.54) is 11.3 Å². The molecule has 102 valence electrons. The molecule has 4 rings (SSSR count). The van der Waals surface area contributed by atoms with Gasteiger partial charge >= 0.3 is 0 Å². The van der Waals surface area contributed by atoms with Gasteiger partial charge in [-0.1, -0.05) is 30.3 Å². The number of hydrogen-bond donors (Lipinski definition) is 1. The van der Waals surface area contributed by atoms with Gasteiger partial charge in [-0.15, -0.1) is 0 Å². The molecular weight excluding hydrogens is 246 g/mol. The summed E-state index contributed by atoms with van der Waals surface area (Å²) in [4.78, 5) is 9.55. The lowest BCUT2D eigenvalue weighted by Gasteiger charge is -2.23. The van der Waals surface area contributed by atoms with E-state index in [-0.39, 0.29) is 11.5 Å². The van der Waals surface area contributed by atoms with Crippen molar-refractivity contribution in [3.05, 3.63) is 59.2 Å². The first-order valence-electron chi connectivity index (χ1n) is 7.47. The highest BCUT2D eigenvalue weighted by atomic mass is 14.9. The maximum Gasteiger partial charge on any atom is 0.139 e. The van der Waals surface area contributed by atoms with Crippen molar-refractivity contribution >= 4 is 0 Å². The molecule has 1 saturated carbocycles. The third-order valence-electron chi connectivity index (χ3n) is 4.73. The SMILES string of the molecule is NC1CCCc2nc(C3(c4ccccc4)CC3)ncc21. The standard InChI is InChI=1S/C17H19N3/c18-14-7-4-8-15-13(14)11-19-16(20-15)17(9-10-17)12-5-2-1-3-6-12/h1-3,5-6,11,14H,4,7-10,18H2. The predicted octanol–water partition coefficient (Wildman–Crippen LogP) is 2.89. The number of hydrogen-bond acceptors (Lipinski definition) is 3. The second-order valence-corrected chi connectivity index (χ2v) is 6.04. The first-order chi connectivity index (χ1) is 9.79. The Morgan fingerprint density at radius 2 is 1.95 bits per heavy atom. The van der Waals surface area contributed by atoms with Gasteiger partial charge in [0.15, 0.2) is 0 Å². The van der Waals surface area contributed by atoms with Gasteiger partial charge in [0.05, 0.1) is 5.41 Å². The third-order valence-corrected chi connectivity index (χ3v) is 4.73. The van der Waals surface area contributed by atoms with Crippen LogP contribution in [0.15, 0.2) is 36.5 Å². The second-order valence-electron chi connectivity index (χ2n) is 6.04. The van der Waals surface area contributed by atoms with E-state index in [1.807, 2.05) is 6.20 Å². The van der Waals surface area contributed by atoms with Crippen LogP contribution in [0.2, 0.25) is 0 Å². The summed E-state index contributed by atoms with van der Waals surface area (Å²) >= 11 is 0. The van der Waals surface area contributed by atoms with Gasteiger partial charge in [-0.25, -0.2) is 9.97 Å². The number of rotatable bonds is 2. The van der Waals surface area contributed by atoms with E-state index in [9.17, 15) is 0 Å². The van der Waals surface area contributed by atoms with Gasteiger partial charge in [0.25, 0.3) is 0 Å². The van der Waals surface area contributed by atoms with E-state index in [2.05, 4.69) is 35.3 Å². The van der Waals surface area contributed by atoms with Crippen molar-refractivity contribution in [3.8, 4) is 0 Å². The van der Waals surface area contributed by atoms with Crippen LogP contribution >= 0.6 is 0 Å². The minimum absolute atomic E-state index is 0.0673. The highest BCUT2D eigenvalue weighted by Gasteiger charge is 2.48. The number of nitrogens with zero attached hydrogens (tertiary/aromatic N) is 2. The normalized spacial score (nSPS) is 23.1. The molecule has 20 heavy (non-hydrogen) atoms. The van der Waals surface area contributed by atoms with Gasteiger partial charge in [-0.2, -0.15) is 0 Å². The zero-order chi connectivity index (χ0) is 13.6. The maximum atomic E-state index is 6.15. The molecule has 1 aromatic carbocycles. The van der Waals surface area contributed by atoms with Crippen molar-refractivity contribution in [3.63, 3.8) is 0 Å². The van der Waals surface area contributed by atoms with Crippen LogP contribution in [-0.4, -0.2) is 9.97 Å². The summed E-state index contributed by atoms with van der Waals surface area (Å²) in [6, 6.07) is 10.8. The summed E-state index contributed by atoms with van der Waals surface area (Å²) in [7, 11) is 0. The van der Waals surface area contributed by atoms with Crippen LogP contribution in [0.3, 0.4) is 0 Å². The van der Waals surface area contributed by atoms with Gasteiger partial charge in [0.1, 0.15) is 5.82 Å². The molecule has 3 nitrogen and oxygen atoms in total. The second kappa shape index (κ2) is 4.38. The zero-order valence-corrected chi connectivity index (χ0v) is 11.5. The van der Waals surface area contributed by atoms with Crippen LogP contribution in [0.5, 0.6) is 0 Å². The van der Waals surface area contributed by atoms with Gasteiger partial charge in [-0.3, -0.25) is 0 Å². The first-order valence-corrected chi connectivity index (χ1v) is 7.47. The molecule has 0 radical (unpaired) electrons. The van der Waals surface area contributed by atoms with Crippen LogP contribution in [0.25, 0.3) is 0 Å². The molecule has 0 amide bonds. The van der Waals surface area contributed by atoms with E-state index in [4.69, 9.17) is 10.7 Å². The average molecular weight is 265 g/mol. The molecule has 1 atom stereocenters. The molecule has 1 aromatic heterocycles. The van der Waals surface area contributed by atoms with Gasteiger partial charge in [0, 0.05) is 23.5 Å². The maximum absolute atomic E-state index is 6.15. The first kappa shape index (κ1) is 12.0. The predicted molar refractivity (Wildman–Crippen MR) is 78.4 cm³/mol. The number of benzene rings is 1. The Balaban J connectivity index is 1.77. The quantitative estimate of drug-likeness (QED) is 0.908. The number of aromatic nitrogens is 2. The number of nitrogens with two attached hydrogens (primary N) is 1. The number of fused-ring (bicyclic) bond motifs is 1. The van der Waals surface area contributed by atoms with E-state index in [1.54, 1.807) is 0 Å². The van der Waals surface area contributed by atoms with Crippen LogP contribution in [0.1, 0.15) is 54.4 Å². The Morgan fingerprint density at radius 1 is 1.15 bits per heavy atom. The summed E-state index contributed by atoms with van der Waals surface area (Å²) in [5.74, 6) is 0.997. The van der Waals surface area contributed by atoms with Crippen molar-refractivity contribution in [1.82, 2.24) is 9.97 Å². The lowest BCUT2D eigenvalue weighted by atomic mass is 9.91. The fourth-order valence-corrected chi connectivity index (χ4v) is 3.34. The minimum atomic E-state index is 0.0673. The Kier molecular flexibility index (Phi) is 2.64. The van der Waals surface area contributed by atoms with Crippen molar-refractivity contribution in [2.45, 2.75) is 43.6 Å². The molecule has 1 unspecified atom stereocenters. The molecular formula is C17H19N3. The lowest BCUT2D eigenvalue weighted by Crippen LogP contribution is -2.22. The highest BCUT2D eigenvalue weighted by molar-refractivity contribution is 5.40. The molecule has 2 N–H and O–H groups in total. The molecule has 0 aliphatic heterocycles. The molecule has 0 bridgehead atoms. The van der Waals surface area contributed by atoms with Crippen molar-refractivity contribution in [2.75, 3.05) is 0 Å². The smallest absolute Gasteiger partial charge is 0.139 e. The molecule has 3 heteroatoms. The third kappa shape index (κ3) is 1.77. The summed E-state index contributed by atoms with van der Waals surface area (Å²) in [5.41, 5.74) is 9.90. The molecule has 2 aliphatic rings. The number of aryl methyl sites for hydroxylation is 1. The van der Waals surface area contributed by atoms with E-state index in [0.717, 1.165) is 43.5 Å². The molecule has 1 fully saturated rings. The fraction of sp³-hybridized carbons (Fsp3) is 0.412. The van der Waals surface area contributed by atoms with E-state index < -0.39 is 0 Å². The van der Waals surface area contributed by atoms with Crippen LogP contribution in [0, 0.1) is 0 Å². The summed E-state index contributed by atoms with van der Waals surface area (Å²) < 4.78 is 0. The molecule has 0 saturated heterocycles. The van der Waals surface area contributed by atoms with E-state index in [0.29, 0.717) is 0 Å². The van der Waals surface area contributed by atoms with Crippen molar-refractivity contribution in [2.24, 2.45) is 5.73 Å². The monoisotopic (exact) mass is 265 g/mol. The summed E-state index contributed by atoms with van der Waals surface area (Å²) in [6.07, 6.45) is 7.53. The molecule has 1 heterocycles. The molecule has 0 spiro atoms. The Bertz CT molecular complexity index is 632. The van der Waals surface area contributed by atoms with Crippen LogP contribution in [-0.2, 0) is 11.8 Å². The van der Waals surface area contributed by atoms with Gasteiger partial charge < -0.3 is 5.73 Å². The largest absolute Gasteiger partial charge is 0.324 e. The molecule has 2 aromatic rings. The average Bonchev–Trinajstić information content (AvgIpc) is 3.30. The Morgan fingerprint density at radius 3 is 2.70 bits per heavy atom. The van der Waals surface area contributed by atoms with Gasteiger partial charge in [-0.05, 0) is 37.7 Å². The highest BCUT2D eigenvalue weighted by Crippen LogP contribution is 2.52. The Labute approximate surface area is 119 Å². The minimum Gasteiger partial charge on any atom is -0.324 e. The Hall–Kier alpha value is -1.74. The van der Waals surface area contributed by atoms with Gasteiger partial charge in [0.2, 0.25) is 0 Å². The van der Waals surface area contributed by atoms with E-state index >= 15 is 0 Å². The van der Waals surface area contributed by atoms with Crippen molar-refractivity contribution < 1.29 is 0 Å². The van der Waals surface area contributed by atoms with Crippen LogP contribution in [0.4, 0.5) is 0 Å². The van der Waals surface area contributed by atoms with Crippen molar-refractivity contribution in [1.29, 1.82) is 0 Å². The fourth-order valence-electron chi connectivity index (χ4n) is 3.34. The zero-order valence-electron chi connectivity index (χ0n) is 11.5. The summed E-state index contributed by atoms with van der Waals surface area (Å²) in [6.45, 7) is 0. The molecule has 2 aliphatic carbocycles. The summed E-state index contributed by atoms with van der Waals surface area (Å²) in [5, 5.41) is 0.